The van der Waals surface area contributed by atoms with E-state index < -0.39 is 0 Å². The summed E-state index contributed by atoms with van der Waals surface area (Å²) in [7, 11) is 0. The van der Waals surface area contributed by atoms with Gasteiger partial charge in [0, 0.05) is 12.2 Å². The van der Waals surface area contributed by atoms with E-state index in [2.05, 4.69) is 16.9 Å². The molecule has 0 aliphatic rings. The summed E-state index contributed by atoms with van der Waals surface area (Å²) in [6.07, 6.45) is 6.45. The van der Waals surface area contributed by atoms with Gasteiger partial charge in [0.1, 0.15) is 5.82 Å². The van der Waals surface area contributed by atoms with Crippen LogP contribution in [-0.4, -0.2) is 9.97 Å². The van der Waals surface area contributed by atoms with Gasteiger partial charge in [-0.25, -0.2) is 9.97 Å². The van der Waals surface area contributed by atoms with E-state index in [1.165, 1.54) is 19.3 Å². The van der Waals surface area contributed by atoms with Crippen LogP contribution in [0.4, 0.5) is 0 Å². The standard InChI is InChI=1S/C11H19N3/c1-3-4-5-6-10(12)11-7-8-13-9(2)14-11/h7-8,10H,3-6,12H2,1-2H3. The van der Waals surface area contributed by atoms with Crippen LogP contribution in [0.25, 0.3) is 0 Å². The SMILES string of the molecule is CCCCCC(N)c1ccnc(C)n1. The van der Waals surface area contributed by atoms with Gasteiger partial charge in [-0.05, 0) is 19.4 Å². The second kappa shape index (κ2) is 5.70. The topological polar surface area (TPSA) is 51.8 Å². The molecule has 1 aromatic rings. The summed E-state index contributed by atoms with van der Waals surface area (Å²) >= 11 is 0. The molecule has 0 radical (unpaired) electrons. The normalized spacial score (nSPS) is 12.8. The number of rotatable bonds is 5. The van der Waals surface area contributed by atoms with Gasteiger partial charge < -0.3 is 5.73 Å². The van der Waals surface area contributed by atoms with Crippen LogP contribution >= 0.6 is 0 Å². The van der Waals surface area contributed by atoms with E-state index in [1.54, 1.807) is 6.20 Å². The first kappa shape index (κ1) is 11.1. The van der Waals surface area contributed by atoms with Crippen LogP contribution < -0.4 is 5.73 Å². The predicted octanol–water partition coefficient (Wildman–Crippen LogP) is 2.37. The molecule has 0 saturated carbocycles. The molecular weight excluding hydrogens is 174 g/mol. The number of aromatic nitrogens is 2. The molecule has 78 valence electrons. The Morgan fingerprint density at radius 3 is 2.86 bits per heavy atom. The molecule has 3 heteroatoms. The monoisotopic (exact) mass is 193 g/mol. The minimum atomic E-state index is 0.0725. The second-order valence-corrected chi connectivity index (χ2v) is 3.63. The van der Waals surface area contributed by atoms with Crippen LogP contribution in [0.5, 0.6) is 0 Å². The molecule has 0 fully saturated rings. The third kappa shape index (κ3) is 3.42. The van der Waals surface area contributed by atoms with Gasteiger partial charge in [0.15, 0.2) is 0 Å². The Kier molecular flexibility index (Phi) is 4.53. The van der Waals surface area contributed by atoms with Crippen LogP contribution in [0, 0.1) is 6.92 Å². The lowest BCUT2D eigenvalue weighted by atomic mass is 10.1. The summed E-state index contributed by atoms with van der Waals surface area (Å²) in [4.78, 5) is 8.37. The molecule has 0 aliphatic heterocycles. The van der Waals surface area contributed by atoms with Crippen LogP contribution in [-0.2, 0) is 0 Å². The first-order chi connectivity index (χ1) is 6.74. The lowest BCUT2D eigenvalue weighted by molar-refractivity contribution is 0.568. The zero-order valence-corrected chi connectivity index (χ0v) is 9.03. The summed E-state index contributed by atoms with van der Waals surface area (Å²) < 4.78 is 0. The van der Waals surface area contributed by atoms with E-state index in [-0.39, 0.29) is 6.04 Å². The van der Waals surface area contributed by atoms with E-state index in [0.717, 1.165) is 17.9 Å². The van der Waals surface area contributed by atoms with Crippen molar-refractivity contribution in [1.29, 1.82) is 0 Å². The molecule has 1 unspecified atom stereocenters. The maximum absolute atomic E-state index is 6.01. The number of hydrogen-bond donors (Lipinski definition) is 1. The molecule has 0 bridgehead atoms. The van der Waals surface area contributed by atoms with Gasteiger partial charge in [0.2, 0.25) is 0 Å². The van der Waals surface area contributed by atoms with Gasteiger partial charge in [0.05, 0.1) is 5.69 Å². The van der Waals surface area contributed by atoms with Crippen molar-refractivity contribution in [3.8, 4) is 0 Å². The highest BCUT2D eigenvalue weighted by atomic mass is 14.9. The van der Waals surface area contributed by atoms with Crippen molar-refractivity contribution in [2.75, 3.05) is 0 Å². The first-order valence-corrected chi connectivity index (χ1v) is 5.29. The molecule has 0 aliphatic carbocycles. The van der Waals surface area contributed by atoms with Crippen molar-refractivity contribution >= 4 is 0 Å². The number of unbranched alkanes of at least 4 members (excludes halogenated alkanes) is 2. The fourth-order valence-corrected chi connectivity index (χ4v) is 1.44. The summed E-state index contributed by atoms with van der Waals surface area (Å²) in [5.41, 5.74) is 6.98. The fraction of sp³-hybridized carbons (Fsp3) is 0.636. The molecule has 1 atom stereocenters. The van der Waals surface area contributed by atoms with Gasteiger partial charge in [-0.3, -0.25) is 0 Å². The minimum Gasteiger partial charge on any atom is -0.323 e. The van der Waals surface area contributed by atoms with Crippen molar-refractivity contribution in [2.24, 2.45) is 5.73 Å². The second-order valence-electron chi connectivity index (χ2n) is 3.63. The highest BCUT2D eigenvalue weighted by Crippen LogP contribution is 2.14. The number of hydrogen-bond acceptors (Lipinski definition) is 3. The van der Waals surface area contributed by atoms with Crippen LogP contribution in [0.2, 0.25) is 0 Å². The summed E-state index contributed by atoms with van der Waals surface area (Å²) in [6, 6.07) is 1.98. The zero-order valence-electron chi connectivity index (χ0n) is 9.03. The van der Waals surface area contributed by atoms with Crippen LogP contribution in [0.15, 0.2) is 12.3 Å². The highest BCUT2D eigenvalue weighted by molar-refractivity contribution is 5.06. The molecular formula is C11H19N3. The Balaban J connectivity index is 2.47. The third-order valence-electron chi connectivity index (χ3n) is 2.30. The Morgan fingerprint density at radius 2 is 2.21 bits per heavy atom. The maximum Gasteiger partial charge on any atom is 0.125 e. The van der Waals surface area contributed by atoms with E-state index in [4.69, 9.17) is 5.73 Å². The van der Waals surface area contributed by atoms with Gasteiger partial charge in [-0.15, -0.1) is 0 Å². The third-order valence-corrected chi connectivity index (χ3v) is 2.30. The van der Waals surface area contributed by atoms with Gasteiger partial charge in [-0.1, -0.05) is 26.2 Å². The molecule has 2 N–H and O–H groups in total. The highest BCUT2D eigenvalue weighted by Gasteiger charge is 2.06. The largest absolute Gasteiger partial charge is 0.323 e. The molecule has 0 aromatic carbocycles. The Labute approximate surface area is 85.8 Å². The average Bonchev–Trinajstić information content (AvgIpc) is 2.18. The summed E-state index contributed by atoms with van der Waals surface area (Å²) in [5, 5.41) is 0. The molecule has 0 spiro atoms. The number of nitrogens with zero attached hydrogens (tertiary/aromatic N) is 2. The van der Waals surface area contributed by atoms with E-state index >= 15 is 0 Å². The smallest absolute Gasteiger partial charge is 0.125 e. The van der Waals surface area contributed by atoms with Crippen molar-refractivity contribution in [3.63, 3.8) is 0 Å². The quantitative estimate of drug-likeness (QED) is 0.730. The lowest BCUT2D eigenvalue weighted by Gasteiger charge is -2.10. The Morgan fingerprint density at radius 1 is 1.43 bits per heavy atom. The fourth-order valence-electron chi connectivity index (χ4n) is 1.44. The molecule has 1 rings (SSSR count). The van der Waals surface area contributed by atoms with Gasteiger partial charge in [-0.2, -0.15) is 0 Å². The summed E-state index contributed by atoms with van der Waals surface area (Å²) in [6.45, 7) is 4.09. The van der Waals surface area contributed by atoms with Crippen molar-refractivity contribution < 1.29 is 0 Å². The molecule has 0 saturated heterocycles. The minimum absolute atomic E-state index is 0.0725. The van der Waals surface area contributed by atoms with Crippen molar-refractivity contribution in [2.45, 2.75) is 45.6 Å². The molecule has 1 aromatic heterocycles. The Hall–Kier alpha value is -0.960. The first-order valence-electron chi connectivity index (χ1n) is 5.29. The van der Waals surface area contributed by atoms with Crippen molar-refractivity contribution in [3.05, 3.63) is 23.8 Å². The lowest BCUT2D eigenvalue weighted by Crippen LogP contribution is -2.12. The number of nitrogens with two attached hydrogens (primary N) is 1. The van der Waals surface area contributed by atoms with Crippen LogP contribution in [0.1, 0.15) is 50.2 Å². The van der Waals surface area contributed by atoms with E-state index in [1.807, 2.05) is 13.0 Å². The van der Waals surface area contributed by atoms with E-state index in [0.29, 0.717) is 0 Å². The summed E-state index contributed by atoms with van der Waals surface area (Å²) in [5.74, 6) is 0.799. The van der Waals surface area contributed by atoms with Crippen molar-refractivity contribution in [1.82, 2.24) is 9.97 Å². The van der Waals surface area contributed by atoms with Gasteiger partial charge in [0.25, 0.3) is 0 Å². The number of aryl methyl sites for hydroxylation is 1. The molecule has 1 heterocycles. The maximum atomic E-state index is 6.01. The van der Waals surface area contributed by atoms with E-state index in [9.17, 15) is 0 Å². The predicted molar refractivity (Wildman–Crippen MR) is 57.8 cm³/mol. The molecule has 14 heavy (non-hydrogen) atoms. The average molecular weight is 193 g/mol. The molecule has 3 nitrogen and oxygen atoms in total. The van der Waals surface area contributed by atoms with Crippen LogP contribution in [0.3, 0.4) is 0 Å². The Bertz CT molecular complexity index is 273. The molecule has 0 amide bonds. The van der Waals surface area contributed by atoms with Gasteiger partial charge >= 0.3 is 0 Å². The zero-order chi connectivity index (χ0) is 10.4.